The van der Waals surface area contributed by atoms with Gasteiger partial charge in [-0.25, -0.2) is 4.79 Å². The fourth-order valence-corrected chi connectivity index (χ4v) is 5.25. The lowest BCUT2D eigenvalue weighted by Crippen LogP contribution is -2.53. The zero-order chi connectivity index (χ0) is 30.0. The number of alkyl carbamates (subject to hydrolysis) is 1. The largest absolute Gasteiger partial charge is 0.444 e. The summed E-state index contributed by atoms with van der Waals surface area (Å²) in [6.07, 6.45) is 3.19. The van der Waals surface area contributed by atoms with Crippen molar-refractivity contribution in [3.63, 3.8) is 0 Å². The van der Waals surface area contributed by atoms with Gasteiger partial charge in [-0.3, -0.25) is 9.59 Å². The summed E-state index contributed by atoms with van der Waals surface area (Å²) in [7, 11) is 0. The maximum Gasteiger partial charge on any atom is 0.408 e. The highest BCUT2D eigenvalue weighted by atomic mass is 35.5. The summed E-state index contributed by atoms with van der Waals surface area (Å²) in [6.45, 7) is 13.5. The van der Waals surface area contributed by atoms with Gasteiger partial charge < -0.3 is 20.3 Å². The number of nitrogens with zero attached hydrogens (tertiary/aromatic N) is 1. The average molecular weight is 590 g/mol. The van der Waals surface area contributed by atoms with Crippen LogP contribution in [0.3, 0.4) is 0 Å². The van der Waals surface area contributed by atoms with Crippen LogP contribution in [0.4, 0.5) is 10.5 Å². The molecule has 0 bridgehead atoms. The molecule has 0 radical (unpaired) electrons. The summed E-state index contributed by atoms with van der Waals surface area (Å²) in [5.74, 6) is -0.0432. The molecule has 0 spiro atoms. The molecular formula is C31H44ClN3O4S. The van der Waals surface area contributed by atoms with Gasteiger partial charge in [0.1, 0.15) is 17.7 Å². The van der Waals surface area contributed by atoms with Crippen LogP contribution in [0.1, 0.15) is 75.3 Å². The highest BCUT2D eigenvalue weighted by Crippen LogP contribution is 2.32. The number of anilines is 1. The third-order valence-electron chi connectivity index (χ3n) is 6.48. The molecule has 0 aliphatic heterocycles. The number of amides is 3. The normalized spacial score (nSPS) is 12.8. The molecule has 2 unspecified atom stereocenters. The maximum atomic E-state index is 14.3. The van der Waals surface area contributed by atoms with E-state index in [1.165, 1.54) is 0 Å². The van der Waals surface area contributed by atoms with Crippen molar-refractivity contribution in [2.45, 2.75) is 85.4 Å². The minimum absolute atomic E-state index is 0.327. The SMILES string of the molecule is CCCCN(C(=O)C(CCSC)NC(=O)OC(C)(C)C)C(C(=O)Nc1c(C)cccc1Cl)c1c(C)cccc1C. The zero-order valence-electron chi connectivity index (χ0n) is 25.0. The Hall–Kier alpha value is -2.71. The molecule has 0 aromatic heterocycles. The second-order valence-electron chi connectivity index (χ2n) is 11.0. The molecule has 2 aromatic rings. The topological polar surface area (TPSA) is 87.7 Å². The molecule has 2 rings (SSSR count). The second kappa shape index (κ2) is 15.3. The number of benzene rings is 2. The first-order chi connectivity index (χ1) is 18.8. The Morgan fingerprint density at radius 2 is 1.62 bits per heavy atom. The van der Waals surface area contributed by atoms with E-state index in [0.717, 1.165) is 28.7 Å². The van der Waals surface area contributed by atoms with Crippen LogP contribution in [0.15, 0.2) is 36.4 Å². The number of hydrogen-bond acceptors (Lipinski definition) is 5. The predicted molar refractivity (Wildman–Crippen MR) is 166 cm³/mol. The van der Waals surface area contributed by atoms with Crippen LogP contribution >= 0.6 is 23.4 Å². The monoisotopic (exact) mass is 589 g/mol. The van der Waals surface area contributed by atoms with E-state index in [-0.39, 0.29) is 11.8 Å². The van der Waals surface area contributed by atoms with E-state index >= 15 is 0 Å². The van der Waals surface area contributed by atoms with Crippen LogP contribution in [0, 0.1) is 20.8 Å². The summed E-state index contributed by atoms with van der Waals surface area (Å²) in [5, 5.41) is 6.23. The van der Waals surface area contributed by atoms with Crippen molar-refractivity contribution < 1.29 is 19.1 Å². The van der Waals surface area contributed by atoms with Crippen LogP contribution in [-0.2, 0) is 14.3 Å². The summed E-state index contributed by atoms with van der Waals surface area (Å²) < 4.78 is 5.47. The van der Waals surface area contributed by atoms with Gasteiger partial charge in [0.15, 0.2) is 0 Å². The molecule has 9 heteroatoms. The fraction of sp³-hybridized carbons (Fsp3) is 0.516. The minimum Gasteiger partial charge on any atom is -0.444 e. The number of carbonyl (C=O) groups is 3. The van der Waals surface area contributed by atoms with Gasteiger partial charge in [-0.05, 0) is 94.7 Å². The number of aryl methyl sites for hydroxylation is 3. The quantitative estimate of drug-likeness (QED) is 0.273. The molecule has 3 amide bonds. The highest BCUT2D eigenvalue weighted by Gasteiger charge is 2.37. The lowest BCUT2D eigenvalue weighted by molar-refractivity contribution is -0.141. The van der Waals surface area contributed by atoms with Crippen molar-refractivity contribution in [1.29, 1.82) is 0 Å². The fourth-order valence-electron chi connectivity index (χ4n) is 4.51. The zero-order valence-corrected chi connectivity index (χ0v) is 26.6. The van der Waals surface area contributed by atoms with Gasteiger partial charge in [0.05, 0.1) is 10.7 Å². The second-order valence-corrected chi connectivity index (χ2v) is 12.4. The Labute approximate surface area is 248 Å². The Morgan fingerprint density at radius 3 is 2.17 bits per heavy atom. The first kappa shape index (κ1) is 33.5. The molecular weight excluding hydrogens is 546 g/mol. The third-order valence-corrected chi connectivity index (χ3v) is 7.44. The highest BCUT2D eigenvalue weighted by molar-refractivity contribution is 7.98. The number of para-hydroxylation sites is 1. The number of ether oxygens (including phenoxy) is 1. The van der Waals surface area contributed by atoms with E-state index in [0.29, 0.717) is 35.8 Å². The van der Waals surface area contributed by atoms with Gasteiger partial charge in [-0.1, -0.05) is 55.3 Å². The predicted octanol–water partition coefficient (Wildman–Crippen LogP) is 7.22. The molecule has 0 fully saturated rings. The summed E-state index contributed by atoms with van der Waals surface area (Å²) >= 11 is 8.05. The van der Waals surface area contributed by atoms with Crippen LogP contribution in [0.2, 0.25) is 5.02 Å². The summed E-state index contributed by atoms with van der Waals surface area (Å²) in [4.78, 5) is 42.9. The van der Waals surface area contributed by atoms with E-state index < -0.39 is 23.8 Å². The smallest absolute Gasteiger partial charge is 0.408 e. The van der Waals surface area contributed by atoms with Crippen molar-refractivity contribution in [2.24, 2.45) is 0 Å². The van der Waals surface area contributed by atoms with E-state index in [1.807, 2.05) is 64.3 Å². The molecule has 2 aromatic carbocycles. The number of hydrogen-bond donors (Lipinski definition) is 2. The number of halogens is 1. The van der Waals surface area contributed by atoms with Crippen LogP contribution < -0.4 is 10.6 Å². The average Bonchev–Trinajstić information content (AvgIpc) is 2.86. The van der Waals surface area contributed by atoms with Crippen molar-refractivity contribution in [3.8, 4) is 0 Å². The van der Waals surface area contributed by atoms with Crippen molar-refractivity contribution >= 4 is 47.0 Å². The van der Waals surface area contributed by atoms with Gasteiger partial charge in [0.2, 0.25) is 5.91 Å². The molecule has 0 saturated carbocycles. The van der Waals surface area contributed by atoms with Crippen molar-refractivity contribution in [1.82, 2.24) is 10.2 Å². The molecule has 2 atom stereocenters. The summed E-state index contributed by atoms with van der Waals surface area (Å²) in [6, 6.07) is 9.44. The molecule has 2 N–H and O–H groups in total. The minimum atomic E-state index is -0.937. The Kier molecular flexibility index (Phi) is 12.8. The molecule has 0 aliphatic rings. The number of thioether (sulfide) groups is 1. The van der Waals surface area contributed by atoms with Gasteiger partial charge in [-0.2, -0.15) is 11.8 Å². The molecule has 0 saturated heterocycles. The van der Waals surface area contributed by atoms with Crippen molar-refractivity contribution in [3.05, 3.63) is 63.7 Å². The van der Waals surface area contributed by atoms with Gasteiger partial charge in [0, 0.05) is 6.54 Å². The van der Waals surface area contributed by atoms with E-state index in [1.54, 1.807) is 43.5 Å². The Bertz CT molecular complexity index is 1140. The Morgan fingerprint density at radius 1 is 1.02 bits per heavy atom. The van der Waals surface area contributed by atoms with Gasteiger partial charge in [-0.15, -0.1) is 0 Å². The number of nitrogens with one attached hydrogen (secondary N) is 2. The maximum absolute atomic E-state index is 14.3. The van der Waals surface area contributed by atoms with Crippen molar-refractivity contribution in [2.75, 3.05) is 23.9 Å². The van der Waals surface area contributed by atoms with Crippen LogP contribution in [0.25, 0.3) is 0 Å². The Balaban J connectivity index is 2.62. The molecule has 7 nitrogen and oxygen atoms in total. The standard InChI is InChI=1S/C31H44ClN3O4S/c1-9-10-18-35(29(37)24(17-19-40-8)33-30(38)39-31(5,6)7)27(25-20(2)13-11-14-21(25)3)28(36)34-26-22(4)15-12-16-23(26)32/h11-16,24,27H,9-10,17-19H2,1-8H3,(H,33,38)(H,34,36). The summed E-state index contributed by atoms with van der Waals surface area (Å²) in [5.41, 5.74) is 3.16. The molecule has 0 aliphatic carbocycles. The lowest BCUT2D eigenvalue weighted by Gasteiger charge is -2.36. The number of rotatable bonds is 12. The molecule has 0 heterocycles. The van der Waals surface area contributed by atoms with Gasteiger partial charge >= 0.3 is 6.09 Å². The number of carbonyl (C=O) groups excluding carboxylic acids is 3. The van der Waals surface area contributed by atoms with Crippen LogP contribution in [-0.4, -0.2) is 53.0 Å². The first-order valence-electron chi connectivity index (χ1n) is 13.7. The molecule has 40 heavy (non-hydrogen) atoms. The van der Waals surface area contributed by atoms with E-state index in [2.05, 4.69) is 10.6 Å². The van der Waals surface area contributed by atoms with E-state index in [9.17, 15) is 14.4 Å². The lowest BCUT2D eigenvalue weighted by atomic mass is 9.93. The number of unbranched alkanes of at least 4 members (excludes halogenated alkanes) is 1. The third kappa shape index (κ3) is 9.44. The van der Waals surface area contributed by atoms with Gasteiger partial charge in [0.25, 0.3) is 5.91 Å². The first-order valence-corrected chi connectivity index (χ1v) is 15.5. The van der Waals surface area contributed by atoms with E-state index in [4.69, 9.17) is 16.3 Å². The molecule has 220 valence electrons. The van der Waals surface area contributed by atoms with Crippen LogP contribution in [0.5, 0.6) is 0 Å².